The number of rotatable bonds is 3. The Morgan fingerprint density at radius 1 is 1.00 bits per heavy atom. The van der Waals surface area contributed by atoms with Crippen molar-refractivity contribution in [2.24, 2.45) is 0 Å². The van der Waals surface area contributed by atoms with Crippen molar-refractivity contribution in [3.05, 3.63) is 59.4 Å². The van der Waals surface area contributed by atoms with Crippen molar-refractivity contribution in [1.29, 1.82) is 0 Å². The van der Waals surface area contributed by atoms with Crippen LogP contribution >= 0.6 is 0 Å². The summed E-state index contributed by atoms with van der Waals surface area (Å²) in [7, 11) is 0. The second-order valence-electron chi connectivity index (χ2n) is 6.83. The Hall–Kier alpha value is -2.76. The lowest BCUT2D eigenvalue weighted by atomic mass is 10.1. The summed E-state index contributed by atoms with van der Waals surface area (Å²) in [5, 5.41) is 9.12. The monoisotopic (exact) mass is 355 g/mol. The molecule has 26 heavy (non-hydrogen) atoms. The topological polar surface area (TPSA) is 47.0 Å². The zero-order valence-electron chi connectivity index (χ0n) is 14.6. The molecule has 2 aliphatic heterocycles. The van der Waals surface area contributed by atoms with Crippen LogP contribution in [0.2, 0.25) is 0 Å². The zero-order chi connectivity index (χ0) is 18.1. The van der Waals surface area contributed by atoms with E-state index in [-0.39, 0.29) is 5.82 Å². The van der Waals surface area contributed by atoms with Gasteiger partial charge in [0.05, 0.1) is 0 Å². The Morgan fingerprint density at radius 3 is 2.46 bits per heavy atom. The third-order valence-corrected chi connectivity index (χ3v) is 5.25. The van der Waals surface area contributed by atoms with Crippen LogP contribution in [-0.4, -0.2) is 48.8 Å². The van der Waals surface area contributed by atoms with Gasteiger partial charge in [-0.2, -0.15) is 0 Å². The van der Waals surface area contributed by atoms with Gasteiger partial charge in [0.15, 0.2) is 0 Å². The van der Waals surface area contributed by atoms with Crippen molar-refractivity contribution in [1.82, 2.24) is 4.90 Å². The Bertz CT molecular complexity index is 818. The van der Waals surface area contributed by atoms with Gasteiger partial charge in [0.1, 0.15) is 5.82 Å². The summed E-state index contributed by atoms with van der Waals surface area (Å²) in [5.41, 5.74) is 4.69. The largest absolute Gasteiger partial charge is 0.465 e. The number of carboxylic acid groups (broad SMARTS) is 1. The first-order chi connectivity index (χ1) is 12.6. The van der Waals surface area contributed by atoms with Crippen LogP contribution in [0.15, 0.2) is 42.5 Å². The first-order valence-corrected chi connectivity index (χ1v) is 8.96. The lowest BCUT2D eigenvalue weighted by molar-refractivity contribution is 0.142. The molecule has 0 saturated carbocycles. The molecule has 0 radical (unpaired) electrons. The lowest BCUT2D eigenvalue weighted by Crippen LogP contribution is -2.48. The standard InChI is InChI=1S/C20H22FN3O2/c21-16-4-1-3-15(13-16)14-24-8-7-17-18(5-2-6-19(17)24)22-9-11-23(12-10-22)20(25)26/h1-6,13H,7-12,14H2,(H,25,26). The molecule has 1 fully saturated rings. The van der Waals surface area contributed by atoms with E-state index >= 15 is 0 Å². The quantitative estimate of drug-likeness (QED) is 0.919. The maximum Gasteiger partial charge on any atom is 0.407 e. The van der Waals surface area contributed by atoms with Crippen molar-refractivity contribution in [3.63, 3.8) is 0 Å². The number of piperazine rings is 1. The molecule has 2 aromatic rings. The summed E-state index contributed by atoms with van der Waals surface area (Å²) in [4.78, 5) is 17.1. The number of fused-ring (bicyclic) bond motifs is 1. The molecule has 0 aromatic heterocycles. The molecule has 0 aliphatic carbocycles. The van der Waals surface area contributed by atoms with Gasteiger partial charge in [0, 0.05) is 56.2 Å². The van der Waals surface area contributed by atoms with Gasteiger partial charge in [-0.05, 0) is 36.2 Å². The molecule has 0 bridgehead atoms. The summed E-state index contributed by atoms with van der Waals surface area (Å²) in [6.07, 6.45) is 0.115. The number of amides is 1. The number of carbonyl (C=O) groups is 1. The van der Waals surface area contributed by atoms with E-state index < -0.39 is 6.09 Å². The highest BCUT2D eigenvalue weighted by molar-refractivity contribution is 5.71. The minimum Gasteiger partial charge on any atom is -0.465 e. The second kappa shape index (κ2) is 6.86. The van der Waals surface area contributed by atoms with Crippen LogP contribution in [0.3, 0.4) is 0 Å². The van der Waals surface area contributed by atoms with Crippen molar-refractivity contribution in [2.75, 3.05) is 42.5 Å². The van der Waals surface area contributed by atoms with Gasteiger partial charge in [0.2, 0.25) is 0 Å². The minimum absolute atomic E-state index is 0.202. The van der Waals surface area contributed by atoms with Crippen LogP contribution in [-0.2, 0) is 13.0 Å². The van der Waals surface area contributed by atoms with Crippen LogP contribution in [0.4, 0.5) is 20.6 Å². The molecule has 1 amide bonds. The molecule has 2 aliphatic rings. The number of benzene rings is 2. The van der Waals surface area contributed by atoms with E-state index in [1.54, 1.807) is 12.1 Å². The molecular formula is C20H22FN3O2. The fourth-order valence-corrected chi connectivity index (χ4v) is 3.94. The summed E-state index contributed by atoms with van der Waals surface area (Å²) >= 11 is 0. The van der Waals surface area contributed by atoms with Gasteiger partial charge >= 0.3 is 6.09 Å². The van der Waals surface area contributed by atoms with Crippen LogP contribution in [0, 0.1) is 5.82 Å². The molecule has 1 N–H and O–H groups in total. The van der Waals surface area contributed by atoms with Crippen LogP contribution in [0.1, 0.15) is 11.1 Å². The summed E-state index contributed by atoms with van der Waals surface area (Å²) in [6, 6.07) is 13.1. The molecule has 6 heteroatoms. The molecule has 5 nitrogen and oxygen atoms in total. The van der Waals surface area contributed by atoms with Crippen LogP contribution in [0.25, 0.3) is 0 Å². The summed E-state index contributed by atoms with van der Waals surface area (Å²) < 4.78 is 13.5. The average molecular weight is 355 g/mol. The minimum atomic E-state index is -0.843. The third kappa shape index (κ3) is 3.19. The molecule has 136 valence electrons. The number of anilines is 2. The Labute approximate surface area is 152 Å². The number of hydrogen-bond donors (Lipinski definition) is 1. The highest BCUT2D eigenvalue weighted by Gasteiger charge is 2.27. The van der Waals surface area contributed by atoms with E-state index in [2.05, 4.69) is 28.0 Å². The summed E-state index contributed by atoms with van der Waals surface area (Å²) in [5.74, 6) is -0.202. The molecule has 0 atom stereocenters. The average Bonchev–Trinajstić information content (AvgIpc) is 3.05. The fraction of sp³-hybridized carbons (Fsp3) is 0.350. The van der Waals surface area contributed by atoms with Gasteiger partial charge < -0.3 is 19.8 Å². The van der Waals surface area contributed by atoms with Gasteiger partial charge in [-0.15, -0.1) is 0 Å². The molecule has 1 saturated heterocycles. The van der Waals surface area contributed by atoms with Crippen molar-refractivity contribution < 1.29 is 14.3 Å². The lowest BCUT2D eigenvalue weighted by Gasteiger charge is -2.35. The van der Waals surface area contributed by atoms with Gasteiger partial charge in [-0.1, -0.05) is 18.2 Å². The SMILES string of the molecule is O=C(O)N1CCN(c2cccc3c2CCN3Cc2cccc(F)c2)CC1. The zero-order valence-corrected chi connectivity index (χ0v) is 14.6. The molecule has 0 spiro atoms. The van der Waals surface area contributed by atoms with Gasteiger partial charge in [0.25, 0.3) is 0 Å². The van der Waals surface area contributed by atoms with E-state index in [1.807, 2.05) is 6.07 Å². The van der Waals surface area contributed by atoms with Crippen LogP contribution in [0.5, 0.6) is 0 Å². The van der Waals surface area contributed by atoms with E-state index in [0.29, 0.717) is 32.7 Å². The first kappa shape index (κ1) is 16.7. The third-order valence-electron chi connectivity index (χ3n) is 5.25. The second-order valence-corrected chi connectivity index (χ2v) is 6.83. The fourth-order valence-electron chi connectivity index (χ4n) is 3.94. The first-order valence-electron chi connectivity index (χ1n) is 8.96. The predicted molar refractivity (Wildman–Crippen MR) is 99.4 cm³/mol. The van der Waals surface area contributed by atoms with Crippen LogP contribution < -0.4 is 9.80 Å². The van der Waals surface area contributed by atoms with Crippen molar-refractivity contribution in [3.8, 4) is 0 Å². The smallest absolute Gasteiger partial charge is 0.407 e. The Morgan fingerprint density at radius 2 is 1.73 bits per heavy atom. The Balaban J connectivity index is 1.52. The normalized spacial score (nSPS) is 16.7. The summed E-state index contributed by atoms with van der Waals surface area (Å²) in [6.45, 7) is 4.11. The molecule has 4 rings (SSSR count). The molecule has 0 unspecified atom stereocenters. The van der Waals surface area contributed by atoms with E-state index in [4.69, 9.17) is 5.11 Å². The molecular weight excluding hydrogens is 333 g/mol. The number of hydrogen-bond acceptors (Lipinski definition) is 3. The highest BCUT2D eigenvalue weighted by atomic mass is 19.1. The van der Waals surface area contributed by atoms with Crippen molar-refractivity contribution in [2.45, 2.75) is 13.0 Å². The Kier molecular flexibility index (Phi) is 4.41. The van der Waals surface area contributed by atoms with Crippen molar-refractivity contribution >= 4 is 17.5 Å². The molecule has 2 heterocycles. The maximum atomic E-state index is 13.5. The van der Waals surface area contributed by atoms with Gasteiger partial charge in [-0.3, -0.25) is 0 Å². The van der Waals surface area contributed by atoms with E-state index in [9.17, 15) is 9.18 Å². The predicted octanol–water partition coefficient (Wildman–Crippen LogP) is 3.19. The highest BCUT2D eigenvalue weighted by Crippen LogP contribution is 2.36. The number of halogens is 1. The molecule has 2 aromatic carbocycles. The van der Waals surface area contributed by atoms with E-state index in [1.165, 1.54) is 27.9 Å². The van der Waals surface area contributed by atoms with E-state index in [0.717, 1.165) is 18.5 Å². The van der Waals surface area contributed by atoms with Gasteiger partial charge in [-0.25, -0.2) is 9.18 Å². The maximum absolute atomic E-state index is 13.5. The number of nitrogens with zero attached hydrogens (tertiary/aromatic N) is 3.